The van der Waals surface area contributed by atoms with E-state index < -0.39 is 0 Å². The molecule has 1 aromatic heterocycles. The standard InChI is InChI=1S/C7H7NO3/c9-7-6(8-10)4-2-1-3-5(4)11-7/h9H,1-3H2. The molecule has 1 aliphatic carbocycles. The number of aromatic hydroxyl groups is 1. The summed E-state index contributed by atoms with van der Waals surface area (Å²) in [4.78, 5) is 10.2. The van der Waals surface area contributed by atoms with E-state index in [2.05, 4.69) is 5.18 Å². The second-order valence-electron chi connectivity index (χ2n) is 2.60. The normalized spacial score (nSPS) is 14.9. The Morgan fingerprint density at radius 2 is 2.27 bits per heavy atom. The summed E-state index contributed by atoms with van der Waals surface area (Å²) in [5.74, 6) is 0.391. The second kappa shape index (κ2) is 2.08. The number of fused-ring (bicyclic) bond motifs is 1. The summed E-state index contributed by atoms with van der Waals surface area (Å²) in [6, 6.07) is 0. The van der Waals surface area contributed by atoms with E-state index in [4.69, 9.17) is 9.52 Å². The minimum atomic E-state index is -0.329. The molecule has 58 valence electrons. The van der Waals surface area contributed by atoms with Crippen LogP contribution in [0.3, 0.4) is 0 Å². The molecular formula is C7H7NO3. The van der Waals surface area contributed by atoms with Crippen molar-refractivity contribution >= 4 is 5.69 Å². The first-order chi connectivity index (χ1) is 5.33. The Labute approximate surface area is 62.8 Å². The molecule has 0 amide bonds. The van der Waals surface area contributed by atoms with E-state index >= 15 is 0 Å². The van der Waals surface area contributed by atoms with Gasteiger partial charge in [-0.05, 0) is 18.0 Å². The van der Waals surface area contributed by atoms with Crippen molar-refractivity contribution in [3.63, 3.8) is 0 Å². The van der Waals surface area contributed by atoms with Gasteiger partial charge >= 0.3 is 5.95 Å². The van der Waals surface area contributed by atoms with Crippen LogP contribution in [-0.2, 0) is 12.8 Å². The summed E-state index contributed by atoms with van der Waals surface area (Å²) < 4.78 is 4.91. The summed E-state index contributed by atoms with van der Waals surface area (Å²) in [5.41, 5.74) is 0.884. The molecule has 0 bridgehead atoms. The van der Waals surface area contributed by atoms with Gasteiger partial charge in [0.2, 0.25) is 0 Å². The Hall–Kier alpha value is -1.32. The summed E-state index contributed by atoms with van der Waals surface area (Å²) in [6.45, 7) is 0. The van der Waals surface area contributed by atoms with E-state index in [9.17, 15) is 4.91 Å². The topological polar surface area (TPSA) is 62.8 Å². The van der Waals surface area contributed by atoms with Gasteiger partial charge in [-0.15, -0.1) is 4.91 Å². The highest BCUT2D eigenvalue weighted by atomic mass is 16.5. The number of furan rings is 1. The molecule has 0 fully saturated rings. The van der Waals surface area contributed by atoms with Crippen LogP contribution >= 0.6 is 0 Å². The lowest BCUT2D eigenvalue weighted by Gasteiger charge is -1.86. The van der Waals surface area contributed by atoms with Gasteiger partial charge < -0.3 is 9.52 Å². The van der Waals surface area contributed by atoms with Crippen molar-refractivity contribution in [1.82, 2.24) is 0 Å². The average molecular weight is 153 g/mol. The van der Waals surface area contributed by atoms with Gasteiger partial charge in [0.1, 0.15) is 5.76 Å². The monoisotopic (exact) mass is 153 g/mol. The van der Waals surface area contributed by atoms with Crippen molar-refractivity contribution < 1.29 is 9.52 Å². The molecule has 0 saturated heterocycles. The van der Waals surface area contributed by atoms with Gasteiger partial charge in [0.05, 0.1) is 0 Å². The number of nitroso groups, excluding NO2 is 1. The molecule has 1 N–H and O–H groups in total. The van der Waals surface area contributed by atoms with Crippen molar-refractivity contribution in [2.45, 2.75) is 19.3 Å². The molecule has 1 heterocycles. The van der Waals surface area contributed by atoms with Gasteiger partial charge in [-0.3, -0.25) is 0 Å². The third-order valence-electron chi connectivity index (χ3n) is 1.97. The third kappa shape index (κ3) is 0.753. The van der Waals surface area contributed by atoms with Crippen LogP contribution in [0.15, 0.2) is 9.59 Å². The Balaban J connectivity index is 2.60. The summed E-state index contributed by atoms with van der Waals surface area (Å²) in [6.07, 6.45) is 2.58. The van der Waals surface area contributed by atoms with Crippen molar-refractivity contribution in [3.05, 3.63) is 16.2 Å². The number of nitrogens with zero attached hydrogens (tertiary/aromatic N) is 1. The highest BCUT2D eigenvalue weighted by Gasteiger charge is 2.24. The van der Waals surface area contributed by atoms with E-state index in [1.807, 2.05) is 0 Å². The number of hydrogen-bond acceptors (Lipinski definition) is 4. The van der Waals surface area contributed by atoms with Crippen molar-refractivity contribution in [2.24, 2.45) is 5.18 Å². The van der Waals surface area contributed by atoms with E-state index in [-0.39, 0.29) is 11.6 Å². The second-order valence-corrected chi connectivity index (χ2v) is 2.60. The maximum atomic E-state index is 10.2. The van der Waals surface area contributed by atoms with Crippen LogP contribution < -0.4 is 0 Å². The highest BCUT2D eigenvalue weighted by molar-refractivity contribution is 5.56. The number of aryl methyl sites for hydroxylation is 1. The van der Waals surface area contributed by atoms with Crippen molar-refractivity contribution in [2.75, 3.05) is 0 Å². The molecule has 11 heavy (non-hydrogen) atoms. The molecule has 4 heteroatoms. The maximum absolute atomic E-state index is 10.2. The largest absolute Gasteiger partial charge is 0.479 e. The first-order valence-electron chi connectivity index (χ1n) is 3.50. The SMILES string of the molecule is O=Nc1c(O)oc2c1CCC2. The smallest absolute Gasteiger partial charge is 0.313 e. The van der Waals surface area contributed by atoms with E-state index in [0.717, 1.165) is 30.6 Å². The molecule has 1 aromatic rings. The van der Waals surface area contributed by atoms with Crippen LogP contribution in [0.2, 0.25) is 0 Å². The fourth-order valence-corrected chi connectivity index (χ4v) is 1.47. The minimum Gasteiger partial charge on any atom is -0.479 e. The van der Waals surface area contributed by atoms with Crippen molar-refractivity contribution in [3.8, 4) is 5.95 Å². The third-order valence-corrected chi connectivity index (χ3v) is 1.97. The minimum absolute atomic E-state index is 0.0949. The summed E-state index contributed by atoms with van der Waals surface area (Å²) >= 11 is 0. The van der Waals surface area contributed by atoms with Crippen LogP contribution in [-0.4, -0.2) is 5.11 Å². The molecule has 0 unspecified atom stereocenters. The van der Waals surface area contributed by atoms with Gasteiger partial charge in [0.25, 0.3) is 0 Å². The maximum Gasteiger partial charge on any atom is 0.313 e. The summed E-state index contributed by atoms with van der Waals surface area (Å²) in [5, 5.41) is 11.7. The predicted molar refractivity (Wildman–Crippen MR) is 37.9 cm³/mol. The molecule has 0 aliphatic heterocycles. The van der Waals surface area contributed by atoms with Crippen LogP contribution in [0.4, 0.5) is 5.69 Å². The van der Waals surface area contributed by atoms with Crippen LogP contribution in [0.25, 0.3) is 0 Å². The Morgan fingerprint density at radius 1 is 1.45 bits per heavy atom. The molecule has 0 spiro atoms. The van der Waals surface area contributed by atoms with E-state index in [0.29, 0.717) is 0 Å². The molecule has 4 nitrogen and oxygen atoms in total. The van der Waals surface area contributed by atoms with Gasteiger partial charge in [0, 0.05) is 12.0 Å². The predicted octanol–water partition coefficient (Wildman–Crippen LogP) is 1.87. The van der Waals surface area contributed by atoms with Crippen LogP contribution in [0.5, 0.6) is 5.95 Å². The number of hydrogen-bond donors (Lipinski definition) is 1. The molecule has 1 aliphatic rings. The average Bonchev–Trinajstić information content (AvgIpc) is 2.46. The molecule has 0 atom stereocenters. The fourth-order valence-electron chi connectivity index (χ4n) is 1.47. The van der Waals surface area contributed by atoms with Crippen molar-refractivity contribution in [1.29, 1.82) is 0 Å². The van der Waals surface area contributed by atoms with Crippen LogP contribution in [0.1, 0.15) is 17.7 Å². The Bertz CT molecular complexity index is 303. The van der Waals surface area contributed by atoms with Gasteiger partial charge in [-0.2, -0.15) is 0 Å². The van der Waals surface area contributed by atoms with E-state index in [1.165, 1.54) is 0 Å². The lowest BCUT2D eigenvalue weighted by atomic mass is 10.2. The van der Waals surface area contributed by atoms with Gasteiger partial charge in [-0.1, -0.05) is 0 Å². The Morgan fingerprint density at radius 3 is 3.00 bits per heavy atom. The quantitative estimate of drug-likeness (QED) is 0.626. The molecule has 0 saturated carbocycles. The lowest BCUT2D eigenvalue weighted by Crippen LogP contribution is -1.71. The fraction of sp³-hybridized carbons (Fsp3) is 0.429. The molecule has 0 radical (unpaired) electrons. The molecule has 2 rings (SSSR count). The van der Waals surface area contributed by atoms with E-state index in [1.54, 1.807) is 0 Å². The first-order valence-corrected chi connectivity index (χ1v) is 3.50. The highest BCUT2D eigenvalue weighted by Crippen LogP contribution is 2.40. The first kappa shape index (κ1) is 6.39. The Kier molecular flexibility index (Phi) is 1.21. The molecular weight excluding hydrogens is 146 g/mol. The zero-order chi connectivity index (χ0) is 7.84. The van der Waals surface area contributed by atoms with Gasteiger partial charge in [0.15, 0.2) is 5.69 Å². The van der Waals surface area contributed by atoms with Crippen LogP contribution in [0, 0.1) is 4.91 Å². The lowest BCUT2D eigenvalue weighted by molar-refractivity contribution is 0.321. The molecule has 0 aromatic carbocycles. The number of rotatable bonds is 1. The van der Waals surface area contributed by atoms with Gasteiger partial charge in [-0.25, -0.2) is 0 Å². The zero-order valence-electron chi connectivity index (χ0n) is 5.83. The zero-order valence-corrected chi connectivity index (χ0v) is 5.83. The summed E-state index contributed by atoms with van der Waals surface area (Å²) in [7, 11) is 0.